The number of rotatable bonds is 5. The molecule has 28 heavy (non-hydrogen) atoms. The first-order valence-corrected chi connectivity index (χ1v) is 9.28. The van der Waals surface area contributed by atoms with E-state index in [0.29, 0.717) is 10.7 Å². The van der Waals surface area contributed by atoms with Crippen molar-refractivity contribution < 1.29 is 18.0 Å². The van der Waals surface area contributed by atoms with Crippen molar-refractivity contribution in [3.63, 3.8) is 0 Å². The summed E-state index contributed by atoms with van der Waals surface area (Å²) in [7, 11) is 0. The second-order valence-corrected chi connectivity index (χ2v) is 7.02. The first-order chi connectivity index (χ1) is 13.3. The lowest BCUT2D eigenvalue weighted by Gasteiger charge is -2.10. The van der Waals surface area contributed by atoms with E-state index in [1.165, 1.54) is 11.9 Å². The van der Waals surface area contributed by atoms with Crippen molar-refractivity contribution in [2.45, 2.75) is 11.1 Å². The van der Waals surface area contributed by atoms with Gasteiger partial charge >= 0.3 is 6.18 Å². The molecule has 0 spiro atoms. The molecule has 0 saturated heterocycles. The second kappa shape index (κ2) is 8.58. The number of alkyl halides is 3. The van der Waals surface area contributed by atoms with E-state index in [-0.39, 0.29) is 5.56 Å². The van der Waals surface area contributed by atoms with Crippen molar-refractivity contribution in [2.24, 2.45) is 0 Å². The van der Waals surface area contributed by atoms with Crippen LogP contribution >= 0.6 is 23.5 Å². The molecule has 0 bridgehead atoms. The summed E-state index contributed by atoms with van der Waals surface area (Å²) in [5.41, 5.74) is 0.670. The summed E-state index contributed by atoms with van der Waals surface area (Å²) in [6.45, 7) is 0. The number of nitrogens with one attached hydrogen (secondary N) is 2. The highest BCUT2D eigenvalue weighted by molar-refractivity contribution is 8.00. The molecule has 8 heteroatoms. The van der Waals surface area contributed by atoms with Crippen LogP contribution in [0.4, 0.5) is 24.5 Å². The maximum absolute atomic E-state index is 12.6. The van der Waals surface area contributed by atoms with Crippen LogP contribution in [0.25, 0.3) is 0 Å². The van der Waals surface area contributed by atoms with Crippen LogP contribution < -0.4 is 10.0 Å². The van der Waals surface area contributed by atoms with Gasteiger partial charge in [0, 0.05) is 16.1 Å². The SMILES string of the molecule is O=C(Nc1ccc(SNc2ccccc2Cl)cc1)c1ccc(C(F)(F)F)cc1. The lowest BCUT2D eigenvalue weighted by Crippen LogP contribution is -2.12. The maximum atomic E-state index is 12.6. The third-order valence-corrected chi connectivity index (χ3v) is 4.90. The van der Waals surface area contributed by atoms with E-state index in [0.717, 1.165) is 34.8 Å². The van der Waals surface area contributed by atoms with Crippen molar-refractivity contribution >= 4 is 40.8 Å². The van der Waals surface area contributed by atoms with Gasteiger partial charge in [0.05, 0.1) is 16.3 Å². The van der Waals surface area contributed by atoms with Crippen LogP contribution in [0.2, 0.25) is 5.02 Å². The van der Waals surface area contributed by atoms with E-state index in [1.54, 1.807) is 30.3 Å². The van der Waals surface area contributed by atoms with E-state index < -0.39 is 17.6 Å². The lowest BCUT2D eigenvalue weighted by molar-refractivity contribution is -0.137. The van der Waals surface area contributed by atoms with Crippen molar-refractivity contribution in [2.75, 3.05) is 10.0 Å². The molecule has 3 aromatic rings. The monoisotopic (exact) mass is 422 g/mol. The van der Waals surface area contributed by atoms with E-state index in [1.807, 2.05) is 18.2 Å². The minimum atomic E-state index is -4.43. The normalized spacial score (nSPS) is 11.1. The Morgan fingerprint density at radius 3 is 2.14 bits per heavy atom. The Labute approximate surface area is 169 Å². The Hall–Kier alpha value is -2.64. The molecule has 0 aliphatic heterocycles. The summed E-state index contributed by atoms with van der Waals surface area (Å²) in [6, 6.07) is 18.4. The standard InChI is InChI=1S/C20H14ClF3N2OS/c21-17-3-1-2-4-18(17)26-28-16-11-9-15(10-12-16)25-19(27)13-5-7-14(8-6-13)20(22,23)24/h1-12,26H,(H,25,27). The average molecular weight is 423 g/mol. The molecule has 0 unspecified atom stereocenters. The Kier molecular flexibility index (Phi) is 6.16. The number of benzene rings is 3. The molecule has 3 nitrogen and oxygen atoms in total. The topological polar surface area (TPSA) is 41.1 Å². The quantitative estimate of drug-likeness (QED) is 0.448. The van der Waals surface area contributed by atoms with Gasteiger partial charge in [-0.05, 0) is 72.6 Å². The molecule has 0 saturated carbocycles. The predicted octanol–water partition coefficient (Wildman–Crippen LogP) is 6.73. The van der Waals surface area contributed by atoms with Gasteiger partial charge in [-0.15, -0.1) is 0 Å². The van der Waals surface area contributed by atoms with Gasteiger partial charge in [0.1, 0.15) is 0 Å². The summed E-state index contributed by atoms with van der Waals surface area (Å²) in [6.07, 6.45) is -4.43. The average Bonchev–Trinajstić information content (AvgIpc) is 2.68. The van der Waals surface area contributed by atoms with Crippen molar-refractivity contribution in [3.05, 3.63) is 88.9 Å². The van der Waals surface area contributed by atoms with Crippen molar-refractivity contribution in [1.82, 2.24) is 0 Å². The van der Waals surface area contributed by atoms with Gasteiger partial charge < -0.3 is 10.0 Å². The Balaban J connectivity index is 1.59. The van der Waals surface area contributed by atoms with Crippen molar-refractivity contribution in [3.8, 4) is 0 Å². The Morgan fingerprint density at radius 2 is 1.54 bits per heavy atom. The molecule has 3 aromatic carbocycles. The summed E-state index contributed by atoms with van der Waals surface area (Å²) >= 11 is 7.44. The van der Waals surface area contributed by atoms with Crippen LogP contribution in [0.3, 0.4) is 0 Å². The van der Waals surface area contributed by atoms with Gasteiger partial charge in [-0.3, -0.25) is 4.79 Å². The molecule has 3 rings (SSSR count). The van der Waals surface area contributed by atoms with Crippen LogP contribution in [-0.4, -0.2) is 5.91 Å². The summed E-state index contributed by atoms with van der Waals surface area (Å²) in [4.78, 5) is 13.1. The van der Waals surface area contributed by atoms with Crippen LogP contribution in [0.1, 0.15) is 15.9 Å². The van der Waals surface area contributed by atoms with Crippen LogP contribution in [-0.2, 0) is 6.18 Å². The molecular weight excluding hydrogens is 409 g/mol. The molecule has 0 radical (unpaired) electrons. The zero-order chi connectivity index (χ0) is 20.1. The van der Waals surface area contributed by atoms with Crippen molar-refractivity contribution in [1.29, 1.82) is 0 Å². The number of para-hydroxylation sites is 1. The van der Waals surface area contributed by atoms with Crippen LogP contribution in [0.5, 0.6) is 0 Å². The van der Waals surface area contributed by atoms with E-state index in [4.69, 9.17) is 11.6 Å². The molecule has 0 heterocycles. The number of hydrogen-bond acceptors (Lipinski definition) is 3. The molecule has 0 aliphatic carbocycles. The highest BCUT2D eigenvalue weighted by Crippen LogP contribution is 2.30. The number of halogens is 4. The van der Waals surface area contributed by atoms with Gasteiger partial charge in [0.25, 0.3) is 5.91 Å². The zero-order valence-electron chi connectivity index (χ0n) is 14.3. The molecule has 1 amide bonds. The first kappa shape index (κ1) is 20.1. The Bertz CT molecular complexity index is 960. The van der Waals surface area contributed by atoms with Crippen LogP contribution in [0, 0.1) is 0 Å². The van der Waals surface area contributed by atoms with E-state index in [2.05, 4.69) is 10.0 Å². The molecule has 0 atom stereocenters. The fraction of sp³-hybridized carbons (Fsp3) is 0.0500. The third-order valence-electron chi connectivity index (χ3n) is 3.74. The van der Waals surface area contributed by atoms with Gasteiger partial charge in [0.2, 0.25) is 0 Å². The second-order valence-electron chi connectivity index (χ2n) is 5.74. The zero-order valence-corrected chi connectivity index (χ0v) is 15.8. The fourth-order valence-electron chi connectivity index (χ4n) is 2.28. The van der Waals surface area contributed by atoms with E-state index in [9.17, 15) is 18.0 Å². The maximum Gasteiger partial charge on any atom is 0.416 e. The number of carbonyl (C=O) groups excluding carboxylic acids is 1. The van der Waals surface area contributed by atoms with Gasteiger partial charge in [-0.1, -0.05) is 23.7 Å². The number of amides is 1. The molecule has 2 N–H and O–H groups in total. The Morgan fingerprint density at radius 1 is 0.893 bits per heavy atom. The predicted molar refractivity (Wildman–Crippen MR) is 107 cm³/mol. The lowest BCUT2D eigenvalue weighted by atomic mass is 10.1. The van der Waals surface area contributed by atoms with Gasteiger partial charge in [-0.25, -0.2) is 0 Å². The highest BCUT2D eigenvalue weighted by atomic mass is 35.5. The highest BCUT2D eigenvalue weighted by Gasteiger charge is 2.30. The minimum Gasteiger partial charge on any atom is -0.324 e. The van der Waals surface area contributed by atoms with Crippen LogP contribution in [0.15, 0.2) is 77.7 Å². The fourth-order valence-corrected chi connectivity index (χ4v) is 3.20. The molecule has 144 valence electrons. The number of anilines is 2. The van der Waals surface area contributed by atoms with Gasteiger partial charge in [0.15, 0.2) is 0 Å². The summed E-state index contributed by atoms with van der Waals surface area (Å²) in [5.74, 6) is -0.483. The molecule has 0 aromatic heterocycles. The minimum absolute atomic E-state index is 0.145. The molecule has 0 fully saturated rings. The molecular formula is C20H14ClF3N2OS. The summed E-state index contributed by atoms with van der Waals surface area (Å²) < 4.78 is 40.9. The smallest absolute Gasteiger partial charge is 0.324 e. The number of hydrogen-bond donors (Lipinski definition) is 2. The first-order valence-electron chi connectivity index (χ1n) is 8.09. The van der Waals surface area contributed by atoms with Gasteiger partial charge in [-0.2, -0.15) is 13.2 Å². The molecule has 0 aliphatic rings. The number of carbonyl (C=O) groups is 1. The summed E-state index contributed by atoms with van der Waals surface area (Å²) in [5, 5.41) is 3.26. The largest absolute Gasteiger partial charge is 0.416 e. The van der Waals surface area contributed by atoms with E-state index >= 15 is 0 Å². The third kappa shape index (κ3) is 5.21.